The van der Waals surface area contributed by atoms with Crippen molar-refractivity contribution in [3.8, 4) is 0 Å². The van der Waals surface area contributed by atoms with Gasteiger partial charge in [0.25, 0.3) is 15.9 Å². The monoisotopic (exact) mass is 361 g/mol. The van der Waals surface area contributed by atoms with Crippen LogP contribution in [0.1, 0.15) is 52.1 Å². The number of fused-ring (bicyclic) bond motifs is 2. The summed E-state index contributed by atoms with van der Waals surface area (Å²) in [6, 6.07) is 4.78. The molecule has 0 radical (unpaired) electrons. The number of rotatable bonds is 3. The van der Waals surface area contributed by atoms with E-state index in [1.165, 1.54) is 6.07 Å². The van der Waals surface area contributed by atoms with Crippen molar-refractivity contribution in [2.75, 3.05) is 0 Å². The van der Waals surface area contributed by atoms with E-state index >= 15 is 0 Å². The van der Waals surface area contributed by atoms with Crippen molar-refractivity contribution in [1.29, 1.82) is 0 Å². The minimum atomic E-state index is -3.95. The Morgan fingerprint density at radius 1 is 1.12 bits per heavy atom. The largest absolute Gasteiger partial charge is 0.372 e. The Kier molecular flexibility index (Phi) is 4.09. The van der Waals surface area contributed by atoms with Gasteiger partial charge >= 0.3 is 0 Å². The smallest absolute Gasteiger partial charge is 0.285 e. The van der Waals surface area contributed by atoms with Crippen LogP contribution in [-0.4, -0.2) is 24.5 Å². The zero-order valence-corrected chi connectivity index (χ0v) is 14.5. The van der Waals surface area contributed by atoms with Crippen LogP contribution in [0.5, 0.6) is 0 Å². The van der Waals surface area contributed by atoms with Crippen LogP contribution in [-0.2, 0) is 40.8 Å². The molecule has 0 atom stereocenters. The molecule has 4 rings (SSSR count). The number of aromatic amines is 1. The Balaban J connectivity index is 1.59. The van der Waals surface area contributed by atoms with Gasteiger partial charge in [-0.25, -0.2) is 13.1 Å². The number of nitrogens with one attached hydrogen (secondary N) is 2. The van der Waals surface area contributed by atoms with Crippen LogP contribution in [0.25, 0.3) is 0 Å². The lowest BCUT2D eigenvalue weighted by atomic mass is 10.1. The molecular weight excluding hydrogens is 342 g/mol. The average molecular weight is 361 g/mol. The molecule has 2 aliphatic rings. The molecule has 1 amide bonds. The summed E-state index contributed by atoms with van der Waals surface area (Å²) in [6.45, 7) is 0.876. The van der Waals surface area contributed by atoms with Gasteiger partial charge in [0.1, 0.15) is 0 Å². The van der Waals surface area contributed by atoms with Crippen LogP contribution >= 0.6 is 0 Å². The summed E-state index contributed by atoms with van der Waals surface area (Å²) in [6.07, 6.45) is 4.70. The number of carbonyl (C=O) groups excluding carboxylic acids is 1. The maximum atomic E-state index is 12.6. The van der Waals surface area contributed by atoms with E-state index in [0.29, 0.717) is 13.2 Å². The molecule has 8 heteroatoms. The molecule has 0 saturated carbocycles. The number of aryl methyl sites for hydroxylation is 1. The fourth-order valence-electron chi connectivity index (χ4n) is 3.39. The molecule has 1 aliphatic heterocycles. The van der Waals surface area contributed by atoms with Gasteiger partial charge in [-0.1, -0.05) is 12.5 Å². The first-order chi connectivity index (χ1) is 12.0. The van der Waals surface area contributed by atoms with Crippen molar-refractivity contribution in [1.82, 2.24) is 14.9 Å². The number of benzene rings is 1. The van der Waals surface area contributed by atoms with Crippen LogP contribution in [0.2, 0.25) is 0 Å². The highest BCUT2D eigenvalue weighted by atomic mass is 32.2. The van der Waals surface area contributed by atoms with E-state index in [9.17, 15) is 13.2 Å². The summed E-state index contributed by atoms with van der Waals surface area (Å²) in [5.74, 6) is -0.684. The number of amides is 1. The third-order valence-corrected chi connectivity index (χ3v) is 6.08. The topological polar surface area (TPSA) is 101 Å². The minimum absolute atomic E-state index is 0.0618. The molecule has 2 N–H and O–H groups in total. The predicted octanol–water partition coefficient (Wildman–Crippen LogP) is 1.83. The highest BCUT2D eigenvalue weighted by Crippen LogP contribution is 2.24. The molecule has 2 heterocycles. The molecule has 0 unspecified atom stereocenters. The third-order valence-electron chi connectivity index (χ3n) is 4.75. The molecule has 1 aromatic carbocycles. The summed E-state index contributed by atoms with van der Waals surface area (Å²) < 4.78 is 32.6. The highest BCUT2D eigenvalue weighted by Gasteiger charge is 2.26. The quantitative estimate of drug-likeness (QED) is 0.812. The number of H-pyrrole nitrogens is 1. The predicted molar refractivity (Wildman–Crippen MR) is 89.4 cm³/mol. The van der Waals surface area contributed by atoms with Gasteiger partial charge in [0, 0.05) is 11.3 Å². The second kappa shape index (κ2) is 6.27. The van der Waals surface area contributed by atoms with Gasteiger partial charge in [-0.2, -0.15) is 5.10 Å². The van der Waals surface area contributed by atoms with Gasteiger partial charge in [-0.3, -0.25) is 9.89 Å². The number of ether oxygens (including phenoxy) is 1. The van der Waals surface area contributed by atoms with Crippen LogP contribution in [0.4, 0.5) is 0 Å². The third kappa shape index (κ3) is 3.07. The Morgan fingerprint density at radius 3 is 2.80 bits per heavy atom. The van der Waals surface area contributed by atoms with E-state index in [2.05, 4.69) is 14.9 Å². The van der Waals surface area contributed by atoms with E-state index in [0.717, 1.165) is 54.5 Å². The molecule has 0 fully saturated rings. The number of carbonyl (C=O) groups is 1. The first kappa shape index (κ1) is 16.3. The van der Waals surface area contributed by atoms with Gasteiger partial charge in [0.15, 0.2) is 5.69 Å². The Bertz CT molecular complexity index is 933. The molecule has 0 spiro atoms. The van der Waals surface area contributed by atoms with Gasteiger partial charge < -0.3 is 4.74 Å². The lowest BCUT2D eigenvalue weighted by Crippen LogP contribution is -2.31. The summed E-state index contributed by atoms with van der Waals surface area (Å²) in [4.78, 5) is 12.6. The zero-order chi connectivity index (χ0) is 17.4. The fraction of sp³-hybridized carbons (Fsp3) is 0.412. The van der Waals surface area contributed by atoms with E-state index < -0.39 is 15.9 Å². The molecule has 2 aromatic rings. The van der Waals surface area contributed by atoms with Crippen molar-refractivity contribution in [3.63, 3.8) is 0 Å². The van der Waals surface area contributed by atoms with Crippen molar-refractivity contribution >= 4 is 15.9 Å². The maximum Gasteiger partial charge on any atom is 0.285 e. The lowest BCUT2D eigenvalue weighted by Gasteiger charge is -2.08. The van der Waals surface area contributed by atoms with Gasteiger partial charge in [0.2, 0.25) is 0 Å². The molecule has 132 valence electrons. The first-order valence-corrected chi connectivity index (χ1v) is 9.86. The van der Waals surface area contributed by atoms with Crippen molar-refractivity contribution in [2.45, 2.75) is 50.2 Å². The van der Waals surface area contributed by atoms with Gasteiger partial charge in [-0.15, -0.1) is 0 Å². The van der Waals surface area contributed by atoms with Crippen molar-refractivity contribution in [2.24, 2.45) is 0 Å². The van der Waals surface area contributed by atoms with Crippen molar-refractivity contribution in [3.05, 3.63) is 46.3 Å². The van der Waals surface area contributed by atoms with Crippen molar-refractivity contribution < 1.29 is 17.9 Å². The minimum Gasteiger partial charge on any atom is -0.372 e. The Morgan fingerprint density at radius 2 is 1.92 bits per heavy atom. The van der Waals surface area contributed by atoms with E-state index in [-0.39, 0.29) is 10.6 Å². The Labute approximate surface area is 145 Å². The fourth-order valence-corrected chi connectivity index (χ4v) is 4.39. The Hall–Kier alpha value is -2.19. The molecule has 0 saturated heterocycles. The number of aromatic nitrogens is 2. The second-order valence-electron chi connectivity index (χ2n) is 6.45. The van der Waals surface area contributed by atoms with Crippen LogP contribution in [0.3, 0.4) is 0 Å². The summed E-state index contributed by atoms with van der Waals surface area (Å²) in [5, 5.41) is 6.94. The lowest BCUT2D eigenvalue weighted by molar-refractivity contribution is 0.0975. The molecular formula is C17H19N3O4S. The summed E-state index contributed by atoms with van der Waals surface area (Å²) in [5.41, 5.74) is 3.78. The first-order valence-electron chi connectivity index (χ1n) is 8.37. The molecule has 25 heavy (non-hydrogen) atoms. The standard InChI is InChI=1S/C17H19N3O4S/c21-17(16-14-4-2-1-3-5-15(14)18-19-16)20-25(22,23)13-7-6-11-9-24-10-12(11)8-13/h6-8H,1-5,9-10H2,(H,18,19)(H,20,21). The molecule has 1 aromatic heterocycles. The molecule has 7 nitrogen and oxygen atoms in total. The number of hydrogen-bond donors (Lipinski definition) is 2. The van der Waals surface area contributed by atoms with Crippen LogP contribution in [0.15, 0.2) is 23.1 Å². The van der Waals surface area contributed by atoms with E-state index in [4.69, 9.17) is 4.74 Å². The van der Waals surface area contributed by atoms with E-state index in [1.807, 2.05) is 0 Å². The van der Waals surface area contributed by atoms with E-state index in [1.54, 1.807) is 12.1 Å². The SMILES string of the molecule is O=C(NS(=O)(=O)c1ccc2c(c1)COC2)c1n[nH]c2c1CCCCC2. The normalized spacial score (nSPS) is 16.8. The van der Waals surface area contributed by atoms with Gasteiger partial charge in [0.05, 0.1) is 18.1 Å². The second-order valence-corrected chi connectivity index (χ2v) is 8.13. The number of nitrogens with zero attached hydrogens (tertiary/aromatic N) is 1. The van der Waals surface area contributed by atoms with Crippen LogP contribution in [0, 0.1) is 0 Å². The molecule has 1 aliphatic carbocycles. The average Bonchev–Trinajstić information content (AvgIpc) is 3.15. The highest BCUT2D eigenvalue weighted by molar-refractivity contribution is 7.90. The number of sulfonamides is 1. The summed E-state index contributed by atoms with van der Waals surface area (Å²) in [7, 11) is -3.95. The van der Waals surface area contributed by atoms with Crippen LogP contribution < -0.4 is 4.72 Å². The zero-order valence-electron chi connectivity index (χ0n) is 13.7. The molecule has 0 bridgehead atoms. The summed E-state index contributed by atoms with van der Waals surface area (Å²) >= 11 is 0. The maximum absolute atomic E-state index is 12.6. The number of hydrogen-bond acceptors (Lipinski definition) is 5. The van der Waals surface area contributed by atoms with Gasteiger partial charge in [-0.05, 0) is 48.9 Å².